The number of hydrogen-bond acceptors (Lipinski definition) is 7. The van der Waals surface area contributed by atoms with Crippen LogP contribution in [0.3, 0.4) is 0 Å². The lowest BCUT2D eigenvalue weighted by molar-refractivity contribution is -0.135. The van der Waals surface area contributed by atoms with Gasteiger partial charge in [-0.3, -0.25) is 9.59 Å². The summed E-state index contributed by atoms with van der Waals surface area (Å²) in [5, 5.41) is 14.6. The summed E-state index contributed by atoms with van der Waals surface area (Å²) in [7, 11) is 3.01. The molecule has 3 rings (SSSR count). The highest BCUT2D eigenvalue weighted by Crippen LogP contribution is 2.22. The van der Waals surface area contributed by atoms with E-state index < -0.39 is 17.9 Å². The molecule has 0 fully saturated rings. The number of likely N-dealkylation sites (N-methyl/N-ethyl adjacent to an activating group) is 1. The molecule has 0 saturated carbocycles. The first-order valence-corrected chi connectivity index (χ1v) is 9.00. The number of methoxy groups -OCH3 is 1. The lowest BCUT2D eigenvalue weighted by Gasteiger charge is -2.15. The van der Waals surface area contributed by atoms with Crippen molar-refractivity contribution < 1.29 is 19.4 Å². The second-order valence-electron chi connectivity index (χ2n) is 6.29. The van der Waals surface area contributed by atoms with Crippen LogP contribution in [0, 0.1) is 11.8 Å². The molecule has 154 valence electrons. The van der Waals surface area contributed by atoms with Crippen LogP contribution >= 0.6 is 0 Å². The van der Waals surface area contributed by atoms with Gasteiger partial charge in [0.25, 0.3) is 11.8 Å². The third-order valence-electron chi connectivity index (χ3n) is 4.35. The van der Waals surface area contributed by atoms with Gasteiger partial charge in [0.05, 0.1) is 18.2 Å². The number of aromatic nitrogens is 4. The van der Waals surface area contributed by atoms with Crippen molar-refractivity contribution in [1.29, 1.82) is 0 Å². The van der Waals surface area contributed by atoms with Crippen molar-refractivity contribution in [3.05, 3.63) is 41.7 Å². The molecule has 2 amide bonds. The number of carbonyl (C=O) groups excluding carboxylic acids is 2. The summed E-state index contributed by atoms with van der Waals surface area (Å²) in [4.78, 5) is 33.4. The Kier molecular flexibility index (Phi) is 5.94. The van der Waals surface area contributed by atoms with Gasteiger partial charge in [-0.15, -0.1) is 0 Å². The van der Waals surface area contributed by atoms with E-state index in [2.05, 4.69) is 26.9 Å². The predicted molar refractivity (Wildman–Crippen MR) is 108 cm³/mol. The fraction of sp³-hybridized carbons (Fsp3) is 0.250. The minimum atomic E-state index is -1.43. The van der Waals surface area contributed by atoms with Crippen LogP contribution in [0.4, 0.5) is 0 Å². The molecule has 0 spiro atoms. The number of carbonyl (C=O) groups is 2. The molecule has 0 radical (unpaired) electrons. The summed E-state index contributed by atoms with van der Waals surface area (Å²) in [6.07, 6.45) is -0.0109. The lowest BCUT2D eigenvalue weighted by atomic mass is 10.2. The summed E-state index contributed by atoms with van der Waals surface area (Å²) in [5.41, 5.74) is 6.86. The van der Waals surface area contributed by atoms with Crippen molar-refractivity contribution in [3.63, 3.8) is 0 Å². The number of amides is 2. The van der Waals surface area contributed by atoms with Gasteiger partial charge < -0.3 is 20.5 Å². The Morgan fingerprint density at radius 3 is 2.83 bits per heavy atom. The Morgan fingerprint density at radius 1 is 1.40 bits per heavy atom. The largest absolute Gasteiger partial charge is 0.467 e. The lowest BCUT2D eigenvalue weighted by Crippen LogP contribution is -2.35. The molecule has 1 aromatic carbocycles. The molecule has 3 aromatic rings. The molecule has 1 unspecified atom stereocenters. The van der Waals surface area contributed by atoms with Crippen LogP contribution in [-0.4, -0.2) is 68.4 Å². The molecule has 30 heavy (non-hydrogen) atoms. The van der Waals surface area contributed by atoms with E-state index in [1.807, 2.05) is 0 Å². The van der Waals surface area contributed by atoms with Crippen molar-refractivity contribution in [2.75, 3.05) is 20.7 Å². The van der Waals surface area contributed by atoms with E-state index in [1.165, 1.54) is 22.9 Å². The first-order chi connectivity index (χ1) is 14.3. The van der Waals surface area contributed by atoms with E-state index in [4.69, 9.17) is 10.5 Å². The molecule has 0 aliphatic carbocycles. The fourth-order valence-corrected chi connectivity index (χ4v) is 2.64. The van der Waals surface area contributed by atoms with E-state index >= 15 is 0 Å². The van der Waals surface area contributed by atoms with Gasteiger partial charge in [-0.05, 0) is 25.1 Å². The predicted octanol–water partition coefficient (Wildman–Crippen LogP) is 0.114. The van der Waals surface area contributed by atoms with Gasteiger partial charge in [0, 0.05) is 25.4 Å². The Morgan fingerprint density at radius 2 is 2.17 bits per heavy atom. The Hall–Kier alpha value is -3.97. The van der Waals surface area contributed by atoms with E-state index in [-0.39, 0.29) is 11.7 Å². The highest BCUT2D eigenvalue weighted by atomic mass is 16.5. The molecular formula is C20H20N6O4. The summed E-state index contributed by atoms with van der Waals surface area (Å²) >= 11 is 0. The standard InChI is InChI=1S/C20H20N6O4/c1-4-25(2)19(29)15(27)9-8-12-6-5-7-13(10-12)26-18-14(16(24-26)17(21)28)11-22-20(23-18)30-3/h5-7,10-11,15,27H,4H2,1-3H3,(H2,21,28). The molecule has 0 aliphatic rings. The molecule has 1 atom stereocenters. The van der Waals surface area contributed by atoms with Gasteiger partial charge in [-0.25, -0.2) is 9.67 Å². The molecule has 10 heteroatoms. The second-order valence-corrected chi connectivity index (χ2v) is 6.29. The maximum Gasteiger partial charge on any atom is 0.318 e. The molecule has 0 aliphatic heterocycles. The number of benzene rings is 1. The molecule has 3 N–H and O–H groups in total. The summed E-state index contributed by atoms with van der Waals surface area (Å²) < 4.78 is 6.48. The van der Waals surface area contributed by atoms with E-state index in [9.17, 15) is 14.7 Å². The van der Waals surface area contributed by atoms with Gasteiger partial charge in [0.2, 0.25) is 0 Å². The molecule has 2 aromatic heterocycles. The van der Waals surface area contributed by atoms with E-state index in [0.29, 0.717) is 28.8 Å². The number of aliphatic hydroxyl groups is 1. The van der Waals surface area contributed by atoms with Gasteiger partial charge in [-0.2, -0.15) is 10.1 Å². The van der Waals surface area contributed by atoms with Crippen LogP contribution in [-0.2, 0) is 4.79 Å². The minimum absolute atomic E-state index is 0.0211. The molecule has 0 saturated heterocycles. The fourth-order valence-electron chi connectivity index (χ4n) is 2.64. The number of rotatable bonds is 5. The first-order valence-electron chi connectivity index (χ1n) is 9.00. The topological polar surface area (TPSA) is 136 Å². The zero-order chi connectivity index (χ0) is 21.8. The first kappa shape index (κ1) is 20.8. The smallest absolute Gasteiger partial charge is 0.318 e. The number of aliphatic hydroxyl groups excluding tert-OH is 1. The van der Waals surface area contributed by atoms with Crippen molar-refractivity contribution in [2.45, 2.75) is 13.0 Å². The van der Waals surface area contributed by atoms with E-state index in [0.717, 1.165) is 0 Å². The quantitative estimate of drug-likeness (QED) is 0.572. The Bertz CT molecular complexity index is 1180. The van der Waals surface area contributed by atoms with Crippen molar-refractivity contribution in [3.8, 4) is 23.5 Å². The average molecular weight is 408 g/mol. The van der Waals surface area contributed by atoms with Crippen molar-refractivity contribution in [1.82, 2.24) is 24.6 Å². The number of nitrogens with two attached hydrogens (primary N) is 1. The zero-order valence-corrected chi connectivity index (χ0v) is 16.7. The van der Waals surface area contributed by atoms with Crippen LogP contribution in [0.1, 0.15) is 23.0 Å². The number of fused-ring (bicyclic) bond motifs is 1. The van der Waals surface area contributed by atoms with Crippen LogP contribution in [0.25, 0.3) is 16.7 Å². The highest BCUT2D eigenvalue weighted by Gasteiger charge is 2.19. The van der Waals surface area contributed by atoms with Crippen LogP contribution in [0.2, 0.25) is 0 Å². The Balaban J connectivity index is 2.03. The maximum atomic E-state index is 11.9. The van der Waals surface area contributed by atoms with Crippen LogP contribution in [0.5, 0.6) is 6.01 Å². The van der Waals surface area contributed by atoms with Gasteiger partial charge >= 0.3 is 6.01 Å². The number of hydrogen-bond donors (Lipinski definition) is 2. The molecular weight excluding hydrogens is 388 g/mol. The zero-order valence-electron chi connectivity index (χ0n) is 16.7. The van der Waals surface area contributed by atoms with Gasteiger partial charge in [-0.1, -0.05) is 17.9 Å². The second kappa shape index (κ2) is 8.59. The minimum Gasteiger partial charge on any atom is -0.467 e. The SMILES string of the molecule is CCN(C)C(=O)C(O)C#Cc1cccc(-n2nc(C(N)=O)c3cnc(OC)nc32)c1. The number of nitrogens with zero attached hydrogens (tertiary/aromatic N) is 5. The molecule has 0 bridgehead atoms. The maximum absolute atomic E-state index is 11.9. The summed E-state index contributed by atoms with van der Waals surface area (Å²) in [6.45, 7) is 2.27. The van der Waals surface area contributed by atoms with E-state index in [1.54, 1.807) is 38.2 Å². The van der Waals surface area contributed by atoms with Gasteiger partial charge in [0.15, 0.2) is 17.4 Å². The highest BCUT2D eigenvalue weighted by molar-refractivity contribution is 6.03. The normalized spacial score (nSPS) is 11.5. The van der Waals surface area contributed by atoms with Gasteiger partial charge in [0.1, 0.15) is 0 Å². The average Bonchev–Trinajstić information content (AvgIpc) is 3.15. The van der Waals surface area contributed by atoms with Crippen LogP contribution in [0.15, 0.2) is 30.5 Å². The summed E-state index contributed by atoms with van der Waals surface area (Å²) in [5.74, 6) is 4.12. The number of primary amides is 1. The Labute approximate surface area is 172 Å². The number of ether oxygens (including phenoxy) is 1. The van der Waals surface area contributed by atoms with Crippen molar-refractivity contribution >= 4 is 22.8 Å². The third kappa shape index (κ3) is 4.06. The molecule has 10 nitrogen and oxygen atoms in total. The third-order valence-corrected chi connectivity index (χ3v) is 4.35. The monoisotopic (exact) mass is 408 g/mol. The molecule has 2 heterocycles. The van der Waals surface area contributed by atoms with Crippen LogP contribution < -0.4 is 10.5 Å². The van der Waals surface area contributed by atoms with Crippen molar-refractivity contribution in [2.24, 2.45) is 5.73 Å². The summed E-state index contributed by atoms with van der Waals surface area (Å²) in [6, 6.07) is 6.97.